The minimum absolute atomic E-state index is 0.192. The number of carbonyl (C=O) groups is 2. The number of hydrogen-bond acceptors (Lipinski definition) is 4. The van der Waals surface area contributed by atoms with Gasteiger partial charge in [0.15, 0.2) is 0 Å². The van der Waals surface area contributed by atoms with Crippen LogP contribution in [0.25, 0.3) is 0 Å². The van der Waals surface area contributed by atoms with Crippen molar-refractivity contribution in [1.82, 2.24) is 0 Å². The molecule has 208 valence electrons. The molecule has 0 radical (unpaired) electrons. The van der Waals surface area contributed by atoms with E-state index in [0.717, 1.165) is 49.7 Å². The highest BCUT2D eigenvalue weighted by atomic mass is 16.5. The van der Waals surface area contributed by atoms with Crippen molar-refractivity contribution in [1.29, 1.82) is 0 Å². The minimum Gasteiger partial charge on any atom is -0.423 e. The molecule has 4 heteroatoms. The molecule has 0 amide bonds. The molecule has 0 spiro atoms. The summed E-state index contributed by atoms with van der Waals surface area (Å²) in [5.74, 6) is -0.0852. The van der Waals surface area contributed by atoms with Crippen molar-refractivity contribution in [3.63, 3.8) is 0 Å². The number of aryl methyl sites for hydroxylation is 2. The molecule has 2 aromatic carbocycles. The smallest absolute Gasteiger partial charge is 0.340 e. The molecule has 2 aromatic rings. The number of allylic oxidation sites excluding steroid dienone is 2. The number of esters is 2. The lowest BCUT2D eigenvalue weighted by Crippen LogP contribution is -2.24. The van der Waals surface area contributed by atoms with E-state index in [-0.39, 0.29) is 17.3 Å². The van der Waals surface area contributed by atoms with Crippen molar-refractivity contribution in [2.24, 2.45) is 17.3 Å². The van der Waals surface area contributed by atoms with Crippen molar-refractivity contribution in [3.05, 3.63) is 80.9 Å². The third-order valence-corrected chi connectivity index (χ3v) is 9.00. The molecule has 0 aliphatic heterocycles. The van der Waals surface area contributed by atoms with Crippen molar-refractivity contribution >= 4 is 11.9 Å². The highest BCUT2D eigenvalue weighted by Gasteiger charge is 2.55. The molecule has 0 N–H and O–H groups in total. The molecule has 0 fully saturated rings. The number of carbonyl (C=O) groups excluding carboxylic acids is 2. The molecule has 2 unspecified atom stereocenters. The molecule has 0 saturated heterocycles. The Kier molecular flexibility index (Phi) is 8.54. The van der Waals surface area contributed by atoms with Crippen LogP contribution in [0, 0.1) is 17.3 Å². The number of benzene rings is 2. The van der Waals surface area contributed by atoms with E-state index in [0.29, 0.717) is 22.6 Å². The molecular weight excluding hydrogens is 484 g/mol. The summed E-state index contributed by atoms with van der Waals surface area (Å²) in [6, 6.07) is 7.95. The first-order chi connectivity index (χ1) is 18.7. The van der Waals surface area contributed by atoms with Crippen molar-refractivity contribution in [2.75, 3.05) is 0 Å². The van der Waals surface area contributed by atoms with Crippen LogP contribution in [0.2, 0.25) is 0 Å². The monoisotopic (exact) mass is 528 g/mol. The van der Waals surface area contributed by atoms with E-state index >= 15 is 0 Å². The molecule has 0 aromatic heterocycles. The fourth-order valence-corrected chi connectivity index (χ4v) is 6.92. The Morgan fingerprint density at radius 2 is 0.949 bits per heavy atom. The van der Waals surface area contributed by atoms with Gasteiger partial charge in [0.25, 0.3) is 0 Å². The van der Waals surface area contributed by atoms with Crippen LogP contribution in [0.1, 0.15) is 88.8 Å². The van der Waals surface area contributed by atoms with E-state index in [1.54, 1.807) is 0 Å². The van der Waals surface area contributed by atoms with Crippen molar-refractivity contribution in [3.8, 4) is 11.5 Å². The molecule has 4 nitrogen and oxygen atoms in total. The van der Waals surface area contributed by atoms with Gasteiger partial charge in [-0.1, -0.05) is 79.7 Å². The Morgan fingerprint density at radius 3 is 1.26 bits per heavy atom. The highest BCUT2D eigenvalue weighted by molar-refractivity contribution is 6.05. The van der Waals surface area contributed by atoms with Crippen molar-refractivity contribution < 1.29 is 19.1 Å². The van der Waals surface area contributed by atoms with E-state index in [9.17, 15) is 9.59 Å². The van der Waals surface area contributed by atoms with Gasteiger partial charge in [-0.05, 0) is 89.5 Å². The molecular formula is C35H44O4. The summed E-state index contributed by atoms with van der Waals surface area (Å²) in [6.07, 6.45) is 9.30. The van der Waals surface area contributed by atoms with Crippen LogP contribution in [0.3, 0.4) is 0 Å². The lowest BCUT2D eigenvalue weighted by Gasteiger charge is -2.26. The summed E-state index contributed by atoms with van der Waals surface area (Å²) in [6.45, 7) is 17.0. The Balaban J connectivity index is 1.74. The second-order valence-corrected chi connectivity index (χ2v) is 11.2. The third kappa shape index (κ3) is 4.88. The summed E-state index contributed by atoms with van der Waals surface area (Å²) < 4.78 is 12.2. The van der Waals surface area contributed by atoms with Crippen LogP contribution >= 0.6 is 0 Å². The maximum atomic E-state index is 13.9. The zero-order chi connectivity index (χ0) is 28.5. The summed E-state index contributed by atoms with van der Waals surface area (Å²) >= 11 is 0. The number of ether oxygens (including phenoxy) is 2. The normalized spacial score (nSPS) is 19.1. The van der Waals surface area contributed by atoms with E-state index in [1.165, 1.54) is 22.3 Å². The second kappa shape index (κ2) is 11.5. The first-order valence-electron chi connectivity index (χ1n) is 14.8. The fraction of sp³-hybridized carbons (Fsp3) is 0.486. The highest BCUT2D eigenvalue weighted by Crippen LogP contribution is 2.57. The van der Waals surface area contributed by atoms with Gasteiger partial charge in [-0.2, -0.15) is 0 Å². The van der Waals surface area contributed by atoms with Gasteiger partial charge in [0.2, 0.25) is 0 Å². The van der Waals surface area contributed by atoms with E-state index in [1.807, 2.05) is 12.1 Å². The third-order valence-electron chi connectivity index (χ3n) is 9.00. The lowest BCUT2D eigenvalue weighted by molar-refractivity contribution is -0.133. The summed E-state index contributed by atoms with van der Waals surface area (Å²) in [4.78, 5) is 27.7. The molecule has 2 aliphatic rings. The van der Waals surface area contributed by atoms with Gasteiger partial charge in [-0.15, -0.1) is 0 Å². The molecule has 0 heterocycles. The average molecular weight is 529 g/mol. The van der Waals surface area contributed by atoms with Crippen LogP contribution in [-0.4, -0.2) is 11.9 Å². The summed E-state index contributed by atoms with van der Waals surface area (Å²) in [5, 5.41) is 0. The average Bonchev–Trinajstić information content (AvgIpc) is 3.36. The lowest BCUT2D eigenvalue weighted by atomic mass is 9.77. The topological polar surface area (TPSA) is 52.6 Å². The van der Waals surface area contributed by atoms with Crippen LogP contribution in [-0.2, 0) is 48.1 Å². The molecule has 2 bridgehead atoms. The standard InChI is InChI=1S/C35H44O4/c1-9-21-15-19-29(25(13-5)23(21)11-3)38-33(36)31-27-17-18-28(35(27,7)8)32(31)34(37)39-30-20-16-22(10-2)24(12-4)26(30)14-6/h15-20,27-28H,9-14H2,1-8H3. The zero-order valence-electron chi connectivity index (χ0n) is 25.0. The minimum atomic E-state index is -0.445. The summed E-state index contributed by atoms with van der Waals surface area (Å²) in [5.41, 5.74) is 7.80. The van der Waals surface area contributed by atoms with E-state index in [4.69, 9.17) is 9.47 Å². The maximum absolute atomic E-state index is 13.9. The SMILES string of the molecule is CCc1ccc(OC(=O)C2=C(C(=O)Oc3ccc(CC)c(CC)c3CC)C3C=CC2C3(C)C)c(CC)c1CC. The Morgan fingerprint density at radius 1 is 0.590 bits per heavy atom. The number of fused-ring (bicyclic) bond motifs is 2. The molecule has 4 rings (SSSR count). The van der Waals surface area contributed by atoms with Gasteiger partial charge in [-0.25, -0.2) is 9.59 Å². The van der Waals surface area contributed by atoms with E-state index in [2.05, 4.69) is 79.7 Å². The predicted octanol–water partition coefficient (Wildman–Crippen LogP) is 7.71. The van der Waals surface area contributed by atoms with Gasteiger partial charge in [0, 0.05) is 11.8 Å². The molecule has 2 atom stereocenters. The van der Waals surface area contributed by atoms with Gasteiger partial charge >= 0.3 is 11.9 Å². The Hall–Kier alpha value is -3.14. The number of rotatable bonds is 10. The molecule has 39 heavy (non-hydrogen) atoms. The fourth-order valence-electron chi connectivity index (χ4n) is 6.92. The van der Waals surface area contributed by atoms with Gasteiger partial charge in [-0.3, -0.25) is 0 Å². The van der Waals surface area contributed by atoms with Gasteiger partial charge in [0.05, 0.1) is 11.1 Å². The Labute approximate surface area is 234 Å². The first kappa shape index (κ1) is 28.9. The number of hydrogen-bond donors (Lipinski definition) is 0. The van der Waals surface area contributed by atoms with Gasteiger partial charge < -0.3 is 9.47 Å². The predicted molar refractivity (Wildman–Crippen MR) is 157 cm³/mol. The van der Waals surface area contributed by atoms with E-state index < -0.39 is 11.9 Å². The zero-order valence-corrected chi connectivity index (χ0v) is 25.0. The van der Waals surface area contributed by atoms with Gasteiger partial charge in [0.1, 0.15) is 11.5 Å². The molecule has 0 saturated carbocycles. The van der Waals surface area contributed by atoms with Crippen LogP contribution in [0.5, 0.6) is 11.5 Å². The van der Waals surface area contributed by atoms with Crippen LogP contribution in [0.4, 0.5) is 0 Å². The van der Waals surface area contributed by atoms with Crippen LogP contribution < -0.4 is 9.47 Å². The quantitative estimate of drug-likeness (QED) is 0.180. The first-order valence-corrected chi connectivity index (χ1v) is 14.8. The largest absolute Gasteiger partial charge is 0.423 e. The maximum Gasteiger partial charge on any atom is 0.340 e. The van der Waals surface area contributed by atoms with Crippen LogP contribution in [0.15, 0.2) is 47.6 Å². The second-order valence-electron chi connectivity index (χ2n) is 11.2. The molecule has 2 aliphatic carbocycles. The summed E-state index contributed by atoms with van der Waals surface area (Å²) in [7, 11) is 0. The van der Waals surface area contributed by atoms with Crippen molar-refractivity contribution in [2.45, 2.75) is 93.9 Å². The Bertz CT molecular complexity index is 1240.